The Hall–Kier alpha value is -0.790. The molecule has 0 aromatic rings. The molecular formula is C10H16O2. The quantitative estimate of drug-likeness (QED) is 0.643. The van der Waals surface area contributed by atoms with Crippen LogP contribution in [0.25, 0.3) is 0 Å². The normalized spacial score (nSPS) is 27.5. The molecule has 0 spiro atoms. The molecule has 68 valence electrons. The van der Waals surface area contributed by atoms with Crippen molar-refractivity contribution in [3.63, 3.8) is 0 Å². The Morgan fingerprint density at radius 3 is 2.67 bits per heavy atom. The fraction of sp³-hybridized carbons (Fsp3) is 0.700. The van der Waals surface area contributed by atoms with Crippen LogP contribution >= 0.6 is 0 Å². The van der Waals surface area contributed by atoms with Gasteiger partial charge in [0, 0.05) is 6.42 Å². The van der Waals surface area contributed by atoms with Gasteiger partial charge >= 0.3 is 5.97 Å². The van der Waals surface area contributed by atoms with E-state index < -0.39 is 5.97 Å². The van der Waals surface area contributed by atoms with Crippen LogP contribution in [0.1, 0.15) is 33.1 Å². The van der Waals surface area contributed by atoms with Crippen LogP contribution in [0, 0.1) is 11.3 Å². The molecule has 0 saturated heterocycles. The molecule has 2 nitrogen and oxygen atoms in total. The first-order chi connectivity index (χ1) is 5.44. The molecule has 12 heavy (non-hydrogen) atoms. The third-order valence-corrected chi connectivity index (χ3v) is 3.15. The van der Waals surface area contributed by atoms with Gasteiger partial charge in [0.15, 0.2) is 0 Å². The lowest BCUT2D eigenvalue weighted by atomic mass is 9.78. The lowest BCUT2D eigenvalue weighted by Crippen LogP contribution is -2.21. The average molecular weight is 168 g/mol. The predicted octanol–water partition coefficient (Wildman–Crippen LogP) is 2.45. The average Bonchev–Trinajstić information content (AvgIpc) is 2.15. The van der Waals surface area contributed by atoms with Crippen LogP contribution in [0.3, 0.4) is 0 Å². The molecule has 2 heteroatoms. The Bertz CT molecular complexity index is 216. The van der Waals surface area contributed by atoms with Crippen molar-refractivity contribution >= 4 is 5.97 Å². The van der Waals surface area contributed by atoms with Gasteiger partial charge in [0.1, 0.15) is 0 Å². The molecule has 0 aromatic heterocycles. The van der Waals surface area contributed by atoms with Gasteiger partial charge in [0.2, 0.25) is 0 Å². The van der Waals surface area contributed by atoms with Gasteiger partial charge in [-0.25, -0.2) is 0 Å². The Morgan fingerprint density at radius 1 is 1.75 bits per heavy atom. The smallest absolute Gasteiger partial charge is 0.303 e. The molecule has 1 fully saturated rings. The highest BCUT2D eigenvalue weighted by Crippen LogP contribution is 2.47. The summed E-state index contributed by atoms with van der Waals surface area (Å²) >= 11 is 0. The maximum Gasteiger partial charge on any atom is 0.303 e. The lowest BCUT2D eigenvalue weighted by molar-refractivity contribution is -0.138. The predicted molar refractivity (Wildman–Crippen MR) is 47.9 cm³/mol. The molecule has 0 aromatic carbocycles. The highest BCUT2D eigenvalue weighted by molar-refractivity contribution is 5.67. The molecule has 1 aliphatic rings. The second-order valence-electron chi connectivity index (χ2n) is 4.16. The maximum absolute atomic E-state index is 10.5. The van der Waals surface area contributed by atoms with E-state index >= 15 is 0 Å². The summed E-state index contributed by atoms with van der Waals surface area (Å²) < 4.78 is 0. The molecule has 1 aliphatic carbocycles. The van der Waals surface area contributed by atoms with E-state index in [-0.39, 0.29) is 17.8 Å². The van der Waals surface area contributed by atoms with Crippen molar-refractivity contribution in [2.45, 2.75) is 33.1 Å². The van der Waals surface area contributed by atoms with Crippen LogP contribution in [-0.2, 0) is 4.79 Å². The van der Waals surface area contributed by atoms with Gasteiger partial charge in [-0.1, -0.05) is 26.0 Å². The highest BCUT2D eigenvalue weighted by atomic mass is 16.4. The third-order valence-electron chi connectivity index (χ3n) is 3.15. The van der Waals surface area contributed by atoms with Crippen LogP contribution in [0.15, 0.2) is 12.2 Å². The zero-order valence-electron chi connectivity index (χ0n) is 7.76. The second kappa shape index (κ2) is 2.92. The van der Waals surface area contributed by atoms with E-state index in [2.05, 4.69) is 20.4 Å². The van der Waals surface area contributed by atoms with Crippen molar-refractivity contribution in [3.05, 3.63) is 12.2 Å². The molecule has 0 aliphatic heterocycles. The van der Waals surface area contributed by atoms with Crippen molar-refractivity contribution < 1.29 is 9.90 Å². The summed E-state index contributed by atoms with van der Waals surface area (Å²) in [5.41, 5.74) is 1.23. The number of allylic oxidation sites excluding steroid dienone is 1. The van der Waals surface area contributed by atoms with E-state index in [1.807, 2.05) is 0 Å². The van der Waals surface area contributed by atoms with Gasteiger partial charge in [-0.3, -0.25) is 4.79 Å². The number of carbonyl (C=O) groups is 1. The summed E-state index contributed by atoms with van der Waals surface area (Å²) in [6.45, 7) is 8.16. The third kappa shape index (κ3) is 1.52. The van der Waals surface area contributed by atoms with E-state index in [0.29, 0.717) is 0 Å². The molecule has 1 N–H and O–H groups in total. The number of hydrogen-bond donors (Lipinski definition) is 1. The van der Waals surface area contributed by atoms with E-state index in [1.165, 1.54) is 5.57 Å². The lowest BCUT2D eigenvalue weighted by Gasteiger charge is -2.26. The molecule has 1 rings (SSSR count). The Kier molecular flexibility index (Phi) is 2.27. The van der Waals surface area contributed by atoms with Gasteiger partial charge in [0.05, 0.1) is 0 Å². The van der Waals surface area contributed by atoms with E-state index in [0.717, 1.165) is 12.8 Å². The maximum atomic E-state index is 10.5. The topological polar surface area (TPSA) is 37.3 Å². The highest BCUT2D eigenvalue weighted by Gasteiger charge is 2.38. The number of aliphatic carboxylic acids is 1. The van der Waals surface area contributed by atoms with E-state index in [1.54, 1.807) is 0 Å². The van der Waals surface area contributed by atoms with Crippen molar-refractivity contribution in [3.8, 4) is 0 Å². The zero-order valence-corrected chi connectivity index (χ0v) is 7.76. The minimum atomic E-state index is -0.692. The van der Waals surface area contributed by atoms with E-state index in [4.69, 9.17) is 5.11 Å². The van der Waals surface area contributed by atoms with Crippen molar-refractivity contribution in [2.24, 2.45) is 11.3 Å². The summed E-state index contributed by atoms with van der Waals surface area (Å²) in [5, 5.41) is 8.66. The Labute approximate surface area is 73.3 Å². The van der Waals surface area contributed by atoms with E-state index in [9.17, 15) is 4.79 Å². The Morgan fingerprint density at radius 2 is 2.33 bits per heavy atom. The summed E-state index contributed by atoms with van der Waals surface area (Å²) in [6.07, 6.45) is 2.26. The standard InChI is InChI=1S/C10H16O2/c1-7-4-5-8(6-9(11)12)10(7,2)3/h8H,1,4-6H2,2-3H3,(H,11,12)/t8-/m0/s1. The molecule has 0 heterocycles. The van der Waals surface area contributed by atoms with Crippen LogP contribution in [0.2, 0.25) is 0 Å². The summed E-state index contributed by atoms with van der Waals surface area (Å²) in [4.78, 5) is 10.5. The minimum Gasteiger partial charge on any atom is -0.481 e. The van der Waals surface area contributed by atoms with Gasteiger partial charge in [-0.2, -0.15) is 0 Å². The molecule has 0 radical (unpaired) electrons. The summed E-state index contributed by atoms with van der Waals surface area (Å²) in [7, 11) is 0. The second-order valence-corrected chi connectivity index (χ2v) is 4.16. The molecule has 1 saturated carbocycles. The molecule has 0 amide bonds. The number of hydrogen-bond acceptors (Lipinski definition) is 1. The number of carboxylic acids is 1. The van der Waals surface area contributed by atoms with Crippen LogP contribution in [-0.4, -0.2) is 11.1 Å². The SMILES string of the molecule is C=C1CC[C@@H](CC(=O)O)C1(C)C. The Balaban J connectivity index is 2.68. The monoisotopic (exact) mass is 168 g/mol. The van der Waals surface area contributed by atoms with Gasteiger partial charge in [-0.05, 0) is 24.2 Å². The van der Waals surface area contributed by atoms with Gasteiger partial charge in [0.25, 0.3) is 0 Å². The van der Waals surface area contributed by atoms with Crippen LogP contribution < -0.4 is 0 Å². The van der Waals surface area contributed by atoms with Gasteiger partial charge < -0.3 is 5.11 Å². The molecule has 0 bridgehead atoms. The fourth-order valence-electron chi connectivity index (χ4n) is 1.89. The molecule has 0 unspecified atom stereocenters. The first kappa shape index (κ1) is 9.30. The number of carboxylic acid groups (broad SMARTS) is 1. The molecule has 1 atom stereocenters. The fourth-order valence-corrected chi connectivity index (χ4v) is 1.89. The van der Waals surface area contributed by atoms with Crippen molar-refractivity contribution in [1.82, 2.24) is 0 Å². The van der Waals surface area contributed by atoms with Crippen molar-refractivity contribution in [2.75, 3.05) is 0 Å². The molecular weight excluding hydrogens is 152 g/mol. The first-order valence-corrected chi connectivity index (χ1v) is 4.34. The minimum absolute atomic E-state index is 0.0262. The van der Waals surface area contributed by atoms with Crippen molar-refractivity contribution in [1.29, 1.82) is 0 Å². The van der Waals surface area contributed by atoms with Crippen LogP contribution in [0.5, 0.6) is 0 Å². The van der Waals surface area contributed by atoms with Crippen LogP contribution in [0.4, 0.5) is 0 Å². The summed E-state index contributed by atoms with van der Waals surface area (Å²) in [6, 6.07) is 0. The number of rotatable bonds is 2. The zero-order chi connectivity index (χ0) is 9.35. The summed E-state index contributed by atoms with van der Waals surface area (Å²) in [5.74, 6) is -0.412. The van der Waals surface area contributed by atoms with Gasteiger partial charge in [-0.15, -0.1) is 0 Å². The first-order valence-electron chi connectivity index (χ1n) is 4.34. The largest absolute Gasteiger partial charge is 0.481 e.